The van der Waals surface area contributed by atoms with Crippen LogP contribution in [0.5, 0.6) is 0 Å². The van der Waals surface area contributed by atoms with Gasteiger partial charge in [0.1, 0.15) is 0 Å². The molecular formula is C17H27NO3. The van der Waals surface area contributed by atoms with Crippen LogP contribution in [0.25, 0.3) is 0 Å². The molecule has 0 saturated heterocycles. The van der Waals surface area contributed by atoms with Gasteiger partial charge >= 0.3 is 5.97 Å². The van der Waals surface area contributed by atoms with Gasteiger partial charge < -0.3 is 9.84 Å². The molecule has 0 radical (unpaired) electrons. The Labute approximate surface area is 127 Å². The number of carbonyl (C=O) groups is 1. The van der Waals surface area contributed by atoms with Crippen LogP contribution in [-0.4, -0.2) is 42.3 Å². The molecule has 3 unspecified atom stereocenters. The average molecular weight is 293 g/mol. The molecule has 0 bridgehead atoms. The summed E-state index contributed by atoms with van der Waals surface area (Å²) in [5, 5.41) is 9.09. The molecule has 0 aliphatic rings. The van der Waals surface area contributed by atoms with Crippen LogP contribution in [0.4, 0.5) is 0 Å². The monoisotopic (exact) mass is 293 g/mol. The summed E-state index contributed by atoms with van der Waals surface area (Å²) < 4.78 is 5.48. The minimum absolute atomic E-state index is 0.0324. The van der Waals surface area contributed by atoms with Crippen molar-refractivity contribution in [3.8, 4) is 0 Å². The summed E-state index contributed by atoms with van der Waals surface area (Å²) >= 11 is 0. The molecule has 0 fully saturated rings. The average Bonchev–Trinajstić information content (AvgIpc) is 2.46. The molecule has 4 heteroatoms. The molecule has 118 valence electrons. The van der Waals surface area contributed by atoms with Crippen molar-refractivity contribution in [1.29, 1.82) is 0 Å². The van der Waals surface area contributed by atoms with Gasteiger partial charge in [0.25, 0.3) is 0 Å². The number of aliphatic carboxylic acids is 1. The van der Waals surface area contributed by atoms with Gasteiger partial charge in [0, 0.05) is 19.7 Å². The Bertz CT molecular complexity index is 421. The highest BCUT2D eigenvalue weighted by Crippen LogP contribution is 2.22. The molecule has 3 atom stereocenters. The Balaban J connectivity index is 2.87. The Morgan fingerprint density at radius 3 is 2.43 bits per heavy atom. The molecule has 0 heterocycles. The Kier molecular flexibility index (Phi) is 7.40. The van der Waals surface area contributed by atoms with Crippen LogP contribution in [-0.2, 0) is 16.1 Å². The number of hydrogen-bond acceptors (Lipinski definition) is 3. The Morgan fingerprint density at radius 2 is 1.95 bits per heavy atom. The first-order valence-electron chi connectivity index (χ1n) is 7.48. The molecule has 0 aliphatic carbocycles. The summed E-state index contributed by atoms with van der Waals surface area (Å²) in [6.07, 6.45) is 0.722. The summed E-state index contributed by atoms with van der Waals surface area (Å²) in [5.41, 5.74) is 1.22. The zero-order valence-electron chi connectivity index (χ0n) is 13.5. The van der Waals surface area contributed by atoms with Crippen molar-refractivity contribution in [3.63, 3.8) is 0 Å². The fraction of sp³-hybridized carbons (Fsp3) is 0.588. The number of benzene rings is 1. The molecule has 1 aromatic carbocycles. The number of hydrogen-bond donors (Lipinski definition) is 1. The molecule has 21 heavy (non-hydrogen) atoms. The maximum atomic E-state index is 11.1. The molecule has 0 saturated carbocycles. The van der Waals surface area contributed by atoms with Gasteiger partial charge in [0.15, 0.2) is 0 Å². The first-order valence-corrected chi connectivity index (χ1v) is 7.48. The SMILES string of the molecule is CCC(C)C(C(CC(=O)O)OC)N(C)Cc1ccccc1. The van der Waals surface area contributed by atoms with Gasteiger partial charge in [-0.05, 0) is 18.5 Å². The fourth-order valence-corrected chi connectivity index (χ4v) is 2.82. The van der Waals surface area contributed by atoms with Crippen LogP contribution < -0.4 is 0 Å². The van der Waals surface area contributed by atoms with Gasteiger partial charge in [-0.15, -0.1) is 0 Å². The second-order valence-corrected chi connectivity index (χ2v) is 5.65. The fourth-order valence-electron chi connectivity index (χ4n) is 2.82. The zero-order chi connectivity index (χ0) is 15.8. The lowest BCUT2D eigenvalue weighted by molar-refractivity contribution is -0.141. The van der Waals surface area contributed by atoms with Crippen LogP contribution in [0, 0.1) is 5.92 Å². The van der Waals surface area contributed by atoms with E-state index in [1.807, 2.05) is 25.2 Å². The van der Waals surface area contributed by atoms with Crippen LogP contribution in [0.15, 0.2) is 30.3 Å². The third-order valence-electron chi connectivity index (χ3n) is 4.07. The number of nitrogens with zero attached hydrogens (tertiary/aromatic N) is 1. The molecule has 0 spiro atoms. The van der Waals surface area contributed by atoms with Crippen LogP contribution in [0.3, 0.4) is 0 Å². The van der Waals surface area contributed by atoms with Gasteiger partial charge in [-0.3, -0.25) is 9.69 Å². The van der Waals surface area contributed by atoms with E-state index in [9.17, 15) is 4.79 Å². The molecule has 0 amide bonds. The maximum absolute atomic E-state index is 11.1. The lowest BCUT2D eigenvalue weighted by atomic mass is 9.91. The minimum atomic E-state index is -0.816. The molecule has 1 aromatic rings. The second-order valence-electron chi connectivity index (χ2n) is 5.65. The first kappa shape index (κ1) is 17.7. The van der Waals surface area contributed by atoms with E-state index in [-0.39, 0.29) is 18.6 Å². The molecule has 0 aromatic heterocycles. The predicted molar refractivity (Wildman–Crippen MR) is 84.2 cm³/mol. The second kappa shape index (κ2) is 8.80. The third-order valence-corrected chi connectivity index (χ3v) is 4.07. The summed E-state index contributed by atoms with van der Waals surface area (Å²) in [6.45, 7) is 5.07. The number of carboxylic acid groups (broad SMARTS) is 1. The third kappa shape index (κ3) is 5.48. The first-order chi connectivity index (χ1) is 9.99. The van der Waals surface area contributed by atoms with E-state index < -0.39 is 5.97 Å². The van der Waals surface area contributed by atoms with Crippen molar-refractivity contribution < 1.29 is 14.6 Å². The van der Waals surface area contributed by atoms with Crippen molar-refractivity contribution in [3.05, 3.63) is 35.9 Å². The highest BCUT2D eigenvalue weighted by atomic mass is 16.5. The van der Waals surface area contributed by atoms with Crippen LogP contribution in [0.2, 0.25) is 0 Å². The maximum Gasteiger partial charge on any atom is 0.306 e. The van der Waals surface area contributed by atoms with E-state index in [0.717, 1.165) is 13.0 Å². The molecule has 1 rings (SSSR count). The van der Waals surface area contributed by atoms with Crippen molar-refractivity contribution in [1.82, 2.24) is 4.90 Å². The lowest BCUT2D eigenvalue weighted by Crippen LogP contribution is -2.47. The summed E-state index contributed by atoms with van der Waals surface area (Å²) in [7, 11) is 3.64. The van der Waals surface area contributed by atoms with E-state index in [1.165, 1.54) is 5.56 Å². The number of likely N-dealkylation sites (N-methyl/N-ethyl adjacent to an activating group) is 1. The van der Waals surface area contributed by atoms with E-state index in [2.05, 4.69) is 30.9 Å². The molecular weight excluding hydrogens is 266 g/mol. The van der Waals surface area contributed by atoms with Gasteiger partial charge in [-0.25, -0.2) is 0 Å². The van der Waals surface area contributed by atoms with Gasteiger partial charge in [-0.2, -0.15) is 0 Å². The molecule has 1 N–H and O–H groups in total. The van der Waals surface area contributed by atoms with Crippen LogP contribution in [0.1, 0.15) is 32.3 Å². The van der Waals surface area contributed by atoms with Gasteiger partial charge in [0.05, 0.1) is 12.5 Å². The highest BCUT2D eigenvalue weighted by molar-refractivity contribution is 5.67. The standard InChI is InChI=1S/C17H27NO3/c1-5-13(2)17(15(21-4)11-16(19)20)18(3)12-14-9-7-6-8-10-14/h6-10,13,15,17H,5,11-12H2,1-4H3,(H,19,20). The highest BCUT2D eigenvalue weighted by Gasteiger charge is 2.31. The van der Waals surface area contributed by atoms with Gasteiger partial charge in [0.2, 0.25) is 0 Å². The van der Waals surface area contributed by atoms with Crippen molar-refractivity contribution in [2.24, 2.45) is 5.92 Å². The van der Waals surface area contributed by atoms with Crippen molar-refractivity contribution in [2.75, 3.05) is 14.2 Å². The van der Waals surface area contributed by atoms with E-state index >= 15 is 0 Å². The minimum Gasteiger partial charge on any atom is -0.481 e. The predicted octanol–water partition coefficient (Wildman–Crippen LogP) is 3.02. The summed E-state index contributed by atoms with van der Waals surface area (Å²) in [5.74, 6) is -0.453. The molecule has 0 aliphatic heterocycles. The largest absolute Gasteiger partial charge is 0.481 e. The normalized spacial score (nSPS) is 15.7. The smallest absolute Gasteiger partial charge is 0.306 e. The summed E-state index contributed by atoms with van der Waals surface area (Å²) in [6, 6.07) is 10.3. The number of rotatable bonds is 9. The van der Waals surface area contributed by atoms with Gasteiger partial charge in [-0.1, -0.05) is 50.6 Å². The Morgan fingerprint density at radius 1 is 1.33 bits per heavy atom. The topological polar surface area (TPSA) is 49.8 Å². The van der Waals surface area contributed by atoms with E-state index in [1.54, 1.807) is 7.11 Å². The van der Waals surface area contributed by atoms with E-state index in [0.29, 0.717) is 5.92 Å². The lowest BCUT2D eigenvalue weighted by Gasteiger charge is -2.37. The molecule has 4 nitrogen and oxygen atoms in total. The number of carboxylic acids is 1. The van der Waals surface area contributed by atoms with Crippen molar-refractivity contribution >= 4 is 5.97 Å². The number of ether oxygens (including phenoxy) is 1. The van der Waals surface area contributed by atoms with E-state index in [4.69, 9.17) is 9.84 Å². The van der Waals surface area contributed by atoms with Crippen molar-refractivity contribution in [2.45, 2.75) is 45.4 Å². The Hall–Kier alpha value is -1.39. The summed E-state index contributed by atoms with van der Waals surface area (Å²) in [4.78, 5) is 13.3. The number of methoxy groups -OCH3 is 1. The quantitative estimate of drug-likeness (QED) is 0.760. The van der Waals surface area contributed by atoms with Crippen LogP contribution >= 0.6 is 0 Å². The zero-order valence-corrected chi connectivity index (χ0v) is 13.5.